The number of aromatic nitrogens is 1. The predicted octanol–water partition coefficient (Wildman–Crippen LogP) is 3.62. The summed E-state index contributed by atoms with van der Waals surface area (Å²) in [7, 11) is 0. The highest BCUT2D eigenvalue weighted by molar-refractivity contribution is 6.35. The Labute approximate surface area is 182 Å². The van der Waals surface area contributed by atoms with Crippen LogP contribution in [0.2, 0.25) is 5.02 Å². The molecule has 8 heteroatoms. The van der Waals surface area contributed by atoms with Crippen LogP contribution in [0.4, 0.5) is 10.6 Å². The number of benzene rings is 1. The van der Waals surface area contributed by atoms with E-state index in [1.807, 2.05) is 43.9 Å². The van der Waals surface area contributed by atoms with Gasteiger partial charge in [-0.3, -0.25) is 4.79 Å². The summed E-state index contributed by atoms with van der Waals surface area (Å²) in [6.07, 6.45) is 0.174. The maximum absolute atomic E-state index is 12.0. The third kappa shape index (κ3) is 5.53. The van der Waals surface area contributed by atoms with Crippen LogP contribution in [0.15, 0.2) is 24.3 Å². The van der Waals surface area contributed by atoms with E-state index < -0.39 is 11.7 Å². The second-order valence-electron chi connectivity index (χ2n) is 8.45. The van der Waals surface area contributed by atoms with Crippen molar-refractivity contribution in [3.05, 3.63) is 34.9 Å². The van der Waals surface area contributed by atoms with Crippen LogP contribution in [-0.2, 0) is 16.0 Å². The van der Waals surface area contributed by atoms with Crippen LogP contribution >= 0.6 is 11.6 Å². The molecule has 0 spiro atoms. The molecular formula is C22H29ClN4O3. The molecule has 0 aliphatic carbocycles. The molecular weight excluding hydrogens is 404 g/mol. The molecule has 0 atom stereocenters. The third-order valence-electron chi connectivity index (χ3n) is 4.94. The van der Waals surface area contributed by atoms with Gasteiger partial charge in [-0.25, -0.2) is 9.78 Å². The lowest BCUT2D eigenvalue weighted by Crippen LogP contribution is -2.48. The van der Waals surface area contributed by atoms with Crippen molar-refractivity contribution in [2.75, 3.05) is 37.6 Å². The number of rotatable bonds is 4. The van der Waals surface area contributed by atoms with Crippen LogP contribution in [-0.4, -0.2) is 60.2 Å². The molecule has 162 valence electrons. The Morgan fingerprint density at radius 2 is 1.90 bits per heavy atom. The zero-order chi connectivity index (χ0) is 21.9. The van der Waals surface area contributed by atoms with Gasteiger partial charge in [0, 0.05) is 45.0 Å². The van der Waals surface area contributed by atoms with Gasteiger partial charge in [0.05, 0.1) is 10.5 Å². The number of halogens is 1. The van der Waals surface area contributed by atoms with Gasteiger partial charge in [-0.1, -0.05) is 23.7 Å². The van der Waals surface area contributed by atoms with Crippen LogP contribution in [0.5, 0.6) is 0 Å². The number of anilines is 1. The minimum absolute atomic E-state index is 0.0888. The molecule has 1 fully saturated rings. The fourth-order valence-corrected chi connectivity index (χ4v) is 3.72. The third-order valence-corrected chi connectivity index (χ3v) is 5.24. The molecule has 1 aliphatic heterocycles. The molecule has 30 heavy (non-hydrogen) atoms. The zero-order valence-electron chi connectivity index (χ0n) is 18.0. The molecule has 1 aromatic carbocycles. The van der Waals surface area contributed by atoms with Crippen molar-refractivity contribution >= 4 is 40.3 Å². The van der Waals surface area contributed by atoms with Crippen molar-refractivity contribution in [3.63, 3.8) is 0 Å². The standard InChI is InChI=1S/C22H29ClN4O3/c1-15(28)26-10-12-27(13-11-26)20-17(8-9-24-21(29)30-22(2,3)4)14-16-6-5-7-18(23)19(16)25-20/h5-7,14H,8-13H2,1-4H3,(H,24,29). The second kappa shape index (κ2) is 9.08. The summed E-state index contributed by atoms with van der Waals surface area (Å²) >= 11 is 6.38. The smallest absolute Gasteiger partial charge is 0.407 e. The van der Waals surface area contributed by atoms with E-state index in [-0.39, 0.29) is 5.91 Å². The largest absolute Gasteiger partial charge is 0.444 e. The summed E-state index contributed by atoms with van der Waals surface area (Å²) in [5.41, 5.74) is 1.25. The minimum atomic E-state index is -0.535. The molecule has 0 bridgehead atoms. The van der Waals surface area contributed by atoms with Crippen molar-refractivity contribution in [2.24, 2.45) is 0 Å². The lowest BCUT2D eigenvalue weighted by Gasteiger charge is -2.36. The van der Waals surface area contributed by atoms with E-state index in [0.29, 0.717) is 44.2 Å². The van der Waals surface area contributed by atoms with E-state index in [1.54, 1.807) is 6.92 Å². The number of ether oxygens (including phenoxy) is 1. The molecule has 2 heterocycles. The van der Waals surface area contributed by atoms with Crippen molar-refractivity contribution < 1.29 is 14.3 Å². The van der Waals surface area contributed by atoms with Gasteiger partial charge in [-0.05, 0) is 44.9 Å². The van der Waals surface area contributed by atoms with Crippen LogP contribution < -0.4 is 10.2 Å². The average Bonchev–Trinajstić information content (AvgIpc) is 2.66. The molecule has 2 aromatic rings. The first-order valence-electron chi connectivity index (χ1n) is 10.2. The Kier molecular flexibility index (Phi) is 6.71. The molecule has 0 unspecified atom stereocenters. The van der Waals surface area contributed by atoms with Gasteiger partial charge in [0.1, 0.15) is 11.4 Å². The molecule has 3 rings (SSSR count). The van der Waals surface area contributed by atoms with E-state index in [9.17, 15) is 9.59 Å². The van der Waals surface area contributed by atoms with Crippen molar-refractivity contribution in [2.45, 2.75) is 39.7 Å². The molecule has 0 radical (unpaired) electrons. The number of nitrogens with one attached hydrogen (secondary N) is 1. The summed E-state index contributed by atoms with van der Waals surface area (Å²) < 4.78 is 5.31. The van der Waals surface area contributed by atoms with Gasteiger partial charge in [0.15, 0.2) is 0 Å². The maximum Gasteiger partial charge on any atom is 0.407 e. The van der Waals surface area contributed by atoms with Crippen molar-refractivity contribution in [1.29, 1.82) is 0 Å². The number of fused-ring (bicyclic) bond motifs is 1. The van der Waals surface area contributed by atoms with Gasteiger partial charge >= 0.3 is 6.09 Å². The summed E-state index contributed by atoms with van der Waals surface area (Å²) in [5.74, 6) is 0.941. The lowest BCUT2D eigenvalue weighted by molar-refractivity contribution is -0.129. The quantitative estimate of drug-likeness (QED) is 0.798. The van der Waals surface area contributed by atoms with Gasteiger partial charge in [-0.15, -0.1) is 0 Å². The molecule has 1 aliphatic rings. The Hall–Kier alpha value is -2.54. The molecule has 1 saturated heterocycles. The topological polar surface area (TPSA) is 74.8 Å². The van der Waals surface area contributed by atoms with E-state index >= 15 is 0 Å². The lowest BCUT2D eigenvalue weighted by atomic mass is 10.1. The molecule has 0 saturated carbocycles. The van der Waals surface area contributed by atoms with Gasteiger partial charge in [0.2, 0.25) is 5.91 Å². The fourth-order valence-electron chi connectivity index (χ4n) is 3.50. The van der Waals surface area contributed by atoms with Crippen LogP contribution in [0, 0.1) is 0 Å². The number of amides is 2. The Morgan fingerprint density at radius 1 is 1.20 bits per heavy atom. The van der Waals surface area contributed by atoms with Gasteiger partial charge < -0.3 is 19.9 Å². The highest BCUT2D eigenvalue weighted by Crippen LogP contribution is 2.29. The highest BCUT2D eigenvalue weighted by atomic mass is 35.5. The first-order chi connectivity index (χ1) is 14.1. The molecule has 1 aromatic heterocycles. The number of alkyl carbamates (subject to hydrolysis) is 1. The summed E-state index contributed by atoms with van der Waals surface area (Å²) in [4.78, 5) is 32.5. The highest BCUT2D eigenvalue weighted by Gasteiger charge is 2.23. The van der Waals surface area contributed by atoms with E-state index in [1.165, 1.54) is 0 Å². The Bertz CT molecular complexity index is 934. The number of hydrogen-bond donors (Lipinski definition) is 1. The minimum Gasteiger partial charge on any atom is -0.444 e. The number of carbonyl (C=O) groups excluding carboxylic acids is 2. The number of nitrogens with zero attached hydrogens (tertiary/aromatic N) is 3. The normalized spacial score (nSPS) is 14.7. The summed E-state index contributed by atoms with van der Waals surface area (Å²) in [6, 6.07) is 7.80. The SMILES string of the molecule is CC(=O)N1CCN(c2nc3c(Cl)cccc3cc2CCNC(=O)OC(C)(C)C)CC1. The first-order valence-corrected chi connectivity index (χ1v) is 10.6. The number of carbonyl (C=O) groups is 2. The predicted molar refractivity (Wildman–Crippen MR) is 119 cm³/mol. The Morgan fingerprint density at radius 3 is 2.53 bits per heavy atom. The average molecular weight is 433 g/mol. The second-order valence-corrected chi connectivity index (χ2v) is 8.86. The van der Waals surface area contributed by atoms with Crippen molar-refractivity contribution in [1.82, 2.24) is 15.2 Å². The van der Waals surface area contributed by atoms with E-state index in [0.717, 1.165) is 22.3 Å². The van der Waals surface area contributed by atoms with Crippen molar-refractivity contribution in [3.8, 4) is 0 Å². The first kappa shape index (κ1) is 22.2. The van der Waals surface area contributed by atoms with Gasteiger partial charge in [-0.2, -0.15) is 0 Å². The number of hydrogen-bond acceptors (Lipinski definition) is 5. The number of piperazine rings is 1. The molecule has 2 amide bonds. The monoisotopic (exact) mass is 432 g/mol. The summed E-state index contributed by atoms with van der Waals surface area (Å²) in [6.45, 7) is 10.3. The molecule has 1 N–H and O–H groups in total. The Balaban J connectivity index is 1.80. The van der Waals surface area contributed by atoms with E-state index in [4.69, 9.17) is 21.3 Å². The fraction of sp³-hybridized carbons (Fsp3) is 0.500. The van der Waals surface area contributed by atoms with Crippen LogP contribution in [0.25, 0.3) is 10.9 Å². The summed E-state index contributed by atoms with van der Waals surface area (Å²) in [5, 5.41) is 4.38. The van der Waals surface area contributed by atoms with Crippen LogP contribution in [0.3, 0.4) is 0 Å². The maximum atomic E-state index is 12.0. The molecule has 7 nitrogen and oxygen atoms in total. The number of para-hydroxylation sites is 1. The van der Waals surface area contributed by atoms with Crippen LogP contribution in [0.1, 0.15) is 33.3 Å². The zero-order valence-corrected chi connectivity index (χ0v) is 18.8. The van der Waals surface area contributed by atoms with E-state index in [2.05, 4.69) is 16.3 Å². The van der Waals surface area contributed by atoms with Gasteiger partial charge in [0.25, 0.3) is 0 Å². The number of pyridine rings is 1.